The molecule has 0 aliphatic heterocycles. The van der Waals surface area contributed by atoms with E-state index in [0.717, 1.165) is 5.56 Å². The number of amides is 1. The van der Waals surface area contributed by atoms with E-state index in [2.05, 4.69) is 11.2 Å². The molecule has 0 unspecified atom stereocenters. The monoisotopic (exact) mass is 231 g/mol. The normalized spacial score (nSPS) is 10.5. The van der Waals surface area contributed by atoms with Gasteiger partial charge in [0.2, 0.25) is 5.91 Å². The fourth-order valence-electron chi connectivity index (χ4n) is 1.45. The summed E-state index contributed by atoms with van der Waals surface area (Å²) in [5.74, 6) is 3.12. The second kappa shape index (κ2) is 5.40. The summed E-state index contributed by atoms with van der Waals surface area (Å²) in [4.78, 5) is 11.8. The molecule has 0 bridgehead atoms. The minimum atomic E-state index is -0.626. The molecule has 1 amide bonds. The van der Waals surface area contributed by atoms with Gasteiger partial charge in [-0.05, 0) is 19.9 Å². The van der Waals surface area contributed by atoms with Crippen molar-refractivity contribution in [1.82, 2.24) is 5.32 Å². The Morgan fingerprint density at radius 1 is 1.47 bits per heavy atom. The molecule has 3 nitrogen and oxygen atoms in total. The van der Waals surface area contributed by atoms with Crippen molar-refractivity contribution in [2.24, 2.45) is 0 Å². The zero-order valence-corrected chi connectivity index (χ0v) is 10.4. The molecule has 1 aromatic rings. The van der Waals surface area contributed by atoms with Crippen LogP contribution >= 0.6 is 0 Å². The van der Waals surface area contributed by atoms with Crippen LogP contribution in [0.4, 0.5) is 0 Å². The lowest BCUT2D eigenvalue weighted by Gasteiger charge is -2.19. The van der Waals surface area contributed by atoms with Crippen LogP contribution < -0.4 is 10.1 Å². The third kappa shape index (κ3) is 3.84. The zero-order valence-electron chi connectivity index (χ0n) is 10.4. The first-order chi connectivity index (χ1) is 7.98. The summed E-state index contributed by atoms with van der Waals surface area (Å²) < 4.78 is 5.18. The lowest BCUT2D eigenvalue weighted by Crippen LogP contribution is -2.42. The molecule has 17 heavy (non-hydrogen) atoms. The number of hydrogen-bond donors (Lipinski definition) is 1. The number of nitrogens with one attached hydrogen (secondary N) is 1. The van der Waals surface area contributed by atoms with Gasteiger partial charge in [0, 0.05) is 5.56 Å². The number of methoxy groups -OCH3 is 1. The Hall–Kier alpha value is -1.95. The summed E-state index contributed by atoms with van der Waals surface area (Å²) in [6.45, 7) is 3.57. The number of carbonyl (C=O) groups is 1. The maximum absolute atomic E-state index is 11.8. The predicted molar refractivity (Wildman–Crippen MR) is 67.8 cm³/mol. The van der Waals surface area contributed by atoms with E-state index < -0.39 is 5.54 Å². The zero-order chi connectivity index (χ0) is 12.9. The fraction of sp³-hybridized carbons (Fsp3) is 0.357. The first kappa shape index (κ1) is 13.1. The van der Waals surface area contributed by atoms with E-state index in [1.54, 1.807) is 21.0 Å². The molecule has 0 aliphatic rings. The Morgan fingerprint density at radius 2 is 2.12 bits per heavy atom. The lowest BCUT2D eigenvalue weighted by atomic mass is 10.1. The number of carbonyl (C=O) groups excluding carboxylic acids is 1. The van der Waals surface area contributed by atoms with Crippen molar-refractivity contribution in [2.75, 3.05) is 7.11 Å². The summed E-state index contributed by atoms with van der Waals surface area (Å²) in [5, 5.41) is 2.78. The largest absolute Gasteiger partial charge is 0.496 e. The third-order valence-electron chi connectivity index (χ3n) is 2.36. The van der Waals surface area contributed by atoms with Crippen molar-refractivity contribution in [3.05, 3.63) is 29.8 Å². The molecule has 0 aromatic heterocycles. The summed E-state index contributed by atoms with van der Waals surface area (Å²) in [6, 6.07) is 7.43. The molecule has 3 heteroatoms. The molecule has 0 aliphatic carbocycles. The molecule has 0 fully saturated rings. The molecule has 1 N–H and O–H groups in total. The quantitative estimate of drug-likeness (QED) is 0.802. The molecule has 0 atom stereocenters. The summed E-state index contributed by atoms with van der Waals surface area (Å²) in [7, 11) is 1.59. The molecule has 0 heterocycles. The van der Waals surface area contributed by atoms with Crippen LogP contribution in [0.3, 0.4) is 0 Å². The van der Waals surface area contributed by atoms with Gasteiger partial charge in [-0.1, -0.05) is 24.1 Å². The highest BCUT2D eigenvalue weighted by Gasteiger charge is 2.17. The standard InChI is InChI=1S/C14H17NO2/c1-5-14(2,3)15-13(16)10-11-8-6-7-9-12(11)17-4/h1,6-9H,10H2,2-4H3,(H,15,16). The summed E-state index contributed by atoms with van der Waals surface area (Å²) in [5.41, 5.74) is 0.222. The van der Waals surface area contributed by atoms with Gasteiger partial charge in [-0.2, -0.15) is 0 Å². The van der Waals surface area contributed by atoms with E-state index in [4.69, 9.17) is 11.2 Å². The molecule has 0 saturated carbocycles. The predicted octanol–water partition coefficient (Wildman–Crippen LogP) is 1.77. The number of hydrogen-bond acceptors (Lipinski definition) is 2. The Bertz CT molecular complexity index is 444. The van der Waals surface area contributed by atoms with Gasteiger partial charge in [0.25, 0.3) is 0 Å². The molecule has 1 rings (SSSR count). The van der Waals surface area contributed by atoms with Gasteiger partial charge in [0.1, 0.15) is 5.75 Å². The Morgan fingerprint density at radius 3 is 2.71 bits per heavy atom. The highest BCUT2D eigenvalue weighted by Crippen LogP contribution is 2.17. The van der Waals surface area contributed by atoms with Crippen LogP contribution in [0.2, 0.25) is 0 Å². The smallest absolute Gasteiger partial charge is 0.225 e. The van der Waals surface area contributed by atoms with Gasteiger partial charge in [-0.15, -0.1) is 6.42 Å². The molecule has 1 aromatic carbocycles. The topological polar surface area (TPSA) is 38.3 Å². The number of ether oxygens (including phenoxy) is 1. The summed E-state index contributed by atoms with van der Waals surface area (Å²) >= 11 is 0. The first-order valence-electron chi connectivity index (χ1n) is 5.39. The Kier molecular flexibility index (Phi) is 4.17. The highest BCUT2D eigenvalue weighted by molar-refractivity contribution is 5.80. The number of terminal acetylenes is 1. The second-order valence-electron chi connectivity index (χ2n) is 4.31. The SMILES string of the molecule is C#CC(C)(C)NC(=O)Cc1ccccc1OC. The highest BCUT2D eigenvalue weighted by atomic mass is 16.5. The maximum Gasteiger partial charge on any atom is 0.225 e. The second-order valence-corrected chi connectivity index (χ2v) is 4.31. The molecule has 90 valence electrons. The van der Waals surface area contributed by atoms with Crippen LogP contribution in [-0.4, -0.2) is 18.6 Å². The first-order valence-corrected chi connectivity index (χ1v) is 5.39. The third-order valence-corrected chi connectivity index (χ3v) is 2.36. The van der Waals surface area contributed by atoms with Crippen molar-refractivity contribution in [2.45, 2.75) is 25.8 Å². The van der Waals surface area contributed by atoms with Gasteiger partial charge in [-0.3, -0.25) is 4.79 Å². The molecule has 0 saturated heterocycles. The van der Waals surface area contributed by atoms with Crippen LogP contribution in [-0.2, 0) is 11.2 Å². The molecular weight excluding hydrogens is 214 g/mol. The van der Waals surface area contributed by atoms with Gasteiger partial charge < -0.3 is 10.1 Å². The van der Waals surface area contributed by atoms with Gasteiger partial charge in [0.15, 0.2) is 0 Å². The number of rotatable bonds is 4. The van der Waals surface area contributed by atoms with Crippen molar-refractivity contribution in [1.29, 1.82) is 0 Å². The molecule has 0 spiro atoms. The number of benzene rings is 1. The van der Waals surface area contributed by atoms with E-state index in [-0.39, 0.29) is 12.3 Å². The van der Waals surface area contributed by atoms with E-state index in [9.17, 15) is 4.79 Å². The van der Waals surface area contributed by atoms with E-state index in [1.807, 2.05) is 24.3 Å². The van der Waals surface area contributed by atoms with E-state index >= 15 is 0 Å². The van der Waals surface area contributed by atoms with Crippen molar-refractivity contribution < 1.29 is 9.53 Å². The van der Waals surface area contributed by atoms with Crippen LogP contribution in [0.1, 0.15) is 19.4 Å². The minimum absolute atomic E-state index is 0.113. The van der Waals surface area contributed by atoms with E-state index in [1.165, 1.54) is 0 Å². The maximum atomic E-state index is 11.8. The average molecular weight is 231 g/mol. The van der Waals surface area contributed by atoms with E-state index in [0.29, 0.717) is 5.75 Å². The van der Waals surface area contributed by atoms with Crippen molar-refractivity contribution in [3.63, 3.8) is 0 Å². The number of para-hydroxylation sites is 1. The summed E-state index contributed by atoms with van der Waals surface area (Å²) in [6.07, 6.45) is 5.57. The fourth-order valence-corrected chi connectivity index (χ4v) is 1.45. The van der Waals surface area contributed by atoms with Crippen LogP contribution in [0.15, 0.2) is 24.3 Å². The Balaban J connectivity index is 2.72. The van der Waals surface area contributed by atoms with Gasteiger partial charge >= 0.3 is 0 Å². The average Bonchev–Trinajstić information content (AvgIpc) is 2.29. The van der Waals surface area contributed by atoms with Crippen molar-refractivity contribution >= 4 is 5.91 Å². The van der Waals surface area contributed by atoms with Crippen LogP contribution in [0.25, 0.3) is 0 Å². The van der Waals surface area contributed by atoms with Crippen LogP contribution in [0, 0.1) is 12.3 Å². The minimum Gasteiger partial charge on any atom is -0.496 e. The lowest BCUT2D eigenvalue weighted by molar-refractivity contribution is -0.121. The Labute approximate surface area is 102 Å². The molecule has 0 radical (unpaired) electrons. The van der Waals surface area contributed by atoms with Gasteiger partial charge in [0.05, 0.1) is 19.1 Å². The van der Waals surface area contributed by atoms with Crippen molar-refractivity contribution in [3.8, 4) is 18.1 Å². The van der Waals surface area contributed by atoms with Crippen LogP contribution in [0.5, 0.6) is 5.75 Å². The van der Waals surface area contributed by atoms with Gasteiger partial charge in [-0.25, -0.2) is 0 Å². The molecular formula is C14H17NO2.